The number of fused-ring (bicyclic) bond motifs is 3. The molecule has 0 saturated carbocycles. The number of anilines is 1. The standard InChI is InChI=1S/C27H25NO4.BF4/c1-16-12-17(2)26-23(13-16)24-15-21(28-19(4)29)14-18(3)27(24)32(26)22-9-6-20(7-10-22)8-11-25(30)31-5;2-1(3,4)5/h6-15H,1-5H3;/q;-1/p+1/b11-8+;. The molecule has 1 aromatic heterocycles. The van der Waals surface area contributed by atoms with Crippen molar-refractivity contribution in [3.63, 3.8) is 0 Å². The fraction of sp³-hybridized carbons (Fsp3) is 0.185. The van der Waals surface area contributed by atoms with E-state index in [2.05, 4.69) is 40.1 Å². The first-order valence-electron chi connectivity index (χ1n) is 11.3. The zero-order valence-corrected chi connectivity index (χ0v) is 21.0. The second-order valence-corrected chi connectivity index (χ2v) is 8.54. The summed E-state index contributed by atoms with van der Waals surface area (Å²) in [7, 11) is -4.64. The fourth-order valence-corrected chi connectivity index (χ4v) is 4.23. The molecule has 1 amide bonds. The van der Waals surface area contributed by atoms with Crippen molar-refractivity contribution in [1.82, 2.24) is 0 Å². The lowest BCUT2D eigenvalue weighted by Gasteiger charge is -2.09. The predicted molar refractivity (Wildman–Crippen MR) is 139 cm³/mol. The van der Waals surface area contributed by atoms with Gasteiger partial charge >= 0.3 is 13.2 Å². The van der Waals surface area contributed by atoms with E-state index in [1.54, 1.807) is 6.08 Å². The van der Waals surface area contributed by atoms with Crippen LogP contribution < -0.4 is 5.32 Å². The van der Waals surface area contributed by atoms with E-state index in [0.717, 1.165) is 50.1 Å². The summed E-state index contributed by atoms with van der Waals surface area (Å²) in [6.07, 6.45) is 3.13. The first kappa shape index (κ1) is 27.5. The van der Waals surface area contributed by atoms with Gasteiger partial charge in [-0.3, -0.25) is 4.79 Å². The minimum absolute atomic E-state index is 0.0944. The van der Waals surface area contributed by atoms with Crippen molar-refractivity contribution in [2.75, 3.05) is 12.4 Å². The monoisotopic (exact) mass is 515 g/mol. The number of aryl methyl sites for hydroxylation is 3. The molecule has 5 nitrogen and oxygen atoms in total. The van der Waals surface area contributed by atoms with E-state index in [1.807, 2.05) is 43.3 Å². The molecule has 0 radical (unpaired) electrons. The number of furan rings is 1. The van der Waals surface area contributed by atoms with Gasteiger partial charge in [-0.15, -0.1) is 0 Å². The summed E-state index contributed by atoms with van der Waals surface area (Å²) in [5.74, 6) is 0.466. The third-order valence-electron chi connectivity index (χ3n) is 5.44. The molecule has 194 valence electrons. The van der Waals surface area contributed by atoms with Crippen molar-refractivity contribution in [3.05, 3.63) is 76.9 Å². The number of hydrogen-bond acceptors (Lipinski definition) is 3. The average molecular weight is 515 g/mol. The van der Waals surface area contributed by atoms with Crippen LogP contribution in [0.3, 0.4) is 0 Å². The third-order valence-corrected chi connectivity index (χ3v) is 5.44. The summed E-state index contributed by atoms with van der Waals surface area (Å²) in [5.41, 5.74) is 7.14. The van der Waals surface area contributed by atoms with Crippen molar-refractivity contribution < 1.29 is 35.6 Å². The van der Waals surface area contributed by atoms with Gasteiger partial charge in [-0.2, -0.15) is 0 Å². The molecule has 10 heteroatoms. The maximum absolute atomic E-state index is 11.6. The van der Waals surface area contributed by atoms with E-state index in [1.165, 1.54) is 25.7 Å². The zero-order valence-electron chi connectivity index (χ0n) is 21.0. The van der Waals surface area contributed by atoms with Crippen LogP contribution in [0, 0.1) is 20.8 Å². The van der Waals surface area contributed by atoms with Crippen molar-refractivity contribution in [1.29, 1.82) is 0 Å². The van der Waals surface area contributed by atoms with Crippen LogP contribution >= 0.6 is 0 Å². The topological polar surface area (TPSA) is 58.1 Å². The second-order valence-electron chi connectivity index (χ2n) is 8.54. The largest absolute Gasteiger partial charge is 0.673 e. The fourth-order valence-electron chi connectivity index (χ4n) is 4.23. The average Bonchev–Trinajstić information content (AvgIpc) is 3.11. The van der Waals surface area contributed by atoms with Crippen LogP contribution in [-0.2, 0) is 14.3 Å². The number of rotatable bonds is 4. The van der Waals surface area contributed by atoms with Crippen LogP contribution in [0.1, 0.15) is 29.2 Å². The summed E-state index contributed by atoms with van der Waals surface area (Å²) in [5, 5.41) is 5.10. The highest BCUT2D eigenvalue weighted by Crippen LogP contribution is 2.43. The second kappa shape index (κ2) is 10.9. The van der Waals surface area contributed by atoms with E-state index >= 15 is 0 Å². The van der Waals surface area contributed by atoms with Crippen molar-refractivity contribution in [3.8, 4) is 5.75 Å². The Kier molecular flexibility index (Phi) is 8.10. The Morgan fingerprint density at radius 1 is 0.892 bits per heavy atom. The maximum atomic E-state index is 11.6. The lowest BCUT2D eigenvalue weighted by molar-refractivity contribution is -0.134. The number of carbonyl (C=O) groups is 2. The van der Waals surface area contributed by atoms with Gasteiger partial charge in [0.25, 0.3) is 16.9 Å². The lowest BCUT2D eigenvalue weighted by atomic mass is 10.0. The summed E-state index contributed by atoms with van der Waals surface area (Å²) < 4.78 is 47.0. The number of hydrogen-bond donors (Lipinski definition) is 1. The molecule has 0 aliphatic rings. The number of carbonyl (C=O) groups excluding carboxylic acids is 2. The van der Waals surface area contributed by atoms with Crippen molar-refractivity contribution in [2.45, 2.75) is 27.7 Å². The first-order chi connectivity index (χ1) is 17.3. The Morgan fingerprint density at radius 3 is 1.97 bits per heavy atom. The molecule has 37 heavy (non-hydrogen) atoms. The molecule has 0 unspecified atom stereocenters. The quantitative estimate of drug-likeness (QED) is 0.1000. The molecule has 0 saturated heterocycles. The molecule has 4 rings (SSSR count). The number of ether oxygens (including phenoxy) is 1. The van der Waals surface area contributed by atoms with Crippen LogP contribution in [0.25, 0.3) is 33.8 Å². The number of esters is 1. The van der Waals surface area contributed by atoms with Gasteiger partial charge in [-0.05, 0) is 74.4 Å². The van der Waals surface area contributed by atoms with Crippen LogP contribution in [-0.4, -0.2) is 26.2 Å². The number of nitrogens with one attached hydrogen (secondary N) is 1. The molecular formula is C27H26BF4NO4. The van der Waals surface area contributed by atoms with Gasteiger partial charge in [0.15, 0.2) is 0 Å². The van der Waals surface area contributed by atoms with Crippen molar-refractivity contribution in [2.24, 2.45) is 0 Å². The molecule has 1 heterocycles. The smallest absolute Gasteiger partial charge is 0.498 e. The number of methoxy groups -OCH3 is 1. The third kappa shape index (κ3) is 6.78. The van der Waals surface area contributed by atoms with Gasteiger partial charge in [-0.1, -0.05) is 0 Å². The van der Waals surface area contributed by atoms with Gasteiger partial charge in [0.1, 0.15) is 0 Å². The first-order valence-corrected chi connectivity index (χ1v) is 11.3. The lowest BCUT2D eigenvalue weighted by Crippen LogP contribution is -2.05. The Morgan fingerprint density at radius 2 is 1.43 bits per heavy atom. The maximum Gasteiger partial charge on any atom is 0.673 e. The van der Waals surface area contributed by atoms with Crippen LogP contribution in [0.15, 0.2) is 58.7 Å². The zero-order chi connectivity index (χ0) is 27.5. The molecular weight excluding hydrogens is 489 g/mol. The Balaban J connectivity index is 0.000000695. The van der Waals surface area contributed by atoms with E-state index in [9.17, 15) is 26.9 Å². The molecule has 3 aromatic carbocycles. The molecule has 0 atom stereocenters. The highest BCUT2D eigenvalue weighted by molar-refractivity contribution is 6.50. The van der Waals surface area contributed by atoms with Crippen LogP contribution in [0.5, 0.6) is 0 Å². The Bertz CT molecular complexity index is 1500. The minimum Gasteiger partial charge on any atom is -0.498 e. The highest BCUT2D eigenvalue weighted by atomic mass is 19.5. The summed E-state index contributed by atoms with van der Waals surface area (Å²) in [6, 6.07) is 16.3. The summed E-state index contributed by atoms with van der Waals surface area (Å²) in [6.45, 7) is 7.76. The van der Waals surface area contributed by atoms with Crippen molar-refractivity contribution >= 4 is 52.8 Å². The highest BCUT2D eigenvalue weighted by Gasteiger charge is 2.25. The molecule has 0 spiro atoms. The number of halogens is 4. The molecule has 4 aromatic rings. The molecule has 0 bridgehead atoms. The van der Waals surface area contributed by atoms with E-state index in [-0.39, 0.29) is 11.9 Å². The van der Waals surface area contributed by atoms with Crippen LogP contribution in [0.4, 0.5) is 23.0 Å². The van der Waals surface area contributed by atoms with E-state index in [0.29, 0.717) is 0 Å². The molecule has 0 aliphatic heterocycles. The number of amides is 1. The normalized spacial score (nSPS) is 11.5. The Hall–Kier alpha value is -4.08. The molecule has 0 aliphatic carbocycles. The molecule has 1 N–H and O–H groups in total. The SMILES string of the molecule is COC(=O)/C=C/c1ccc(-[o+]2c3c(C)cc(C)cc3c3cc(NC(C)=O)cc(C)c32)cc1.F[B-](F)(F)F. The molecule has 0 fully saturated rings. The minimum atomic E-state index is -6.00. The van der Waals surface area contributed by atoms with E-state index < -0.39 is 7.25 Å². The van der Waals surface area contributed by atoms with Gasteiger partial charge in [0, 0.05) is 41.9 Å². The van der Waals surface area contributed by atoms with Gasteiger partial charge < -0.3 is 31.4 Å². The summed E-state index contributed by atoms with van der Waals surface area (Å²) >= 11 is 0. The number of benzene rings is 3. The van der Waals surface area contributed by atoms with Gasteiger partial charge in [-0.25, -0.2) is 4.79 Å². The summed E-state index contributed by atoms with van der Waals surface area (Å²) in [4.78, 5) is 23.0. The van der Waals surface area contributed by atoms with E-state index in [4.69, 9.17) is 0 Å². The van der Waals surface area contributed by atoms with Gasteiger partial charge in [0.2, 0.25) is 5.91 Å². The van der Waals surface area contributed by atoms with Gasteiger partial charge in [0.05, 0.1) is 17.9 Å². The predicted octanol–water partition coefficient (Wildman–Crippen LogP) is 7.63. The Labute approximate surface area is 211 Å². The van der Waals surface area contributed by atoms with Crippen LogP contribution in [0.2, 0.25) is 0 Å².